The molecule has 35 heavy (non-hydrogen) atoms. The Hall–Kier alpha value is -3.67. The van der Waals surface area contributed by atoms with Crippen molar-refractivity contribution in [3.63, 3.8) is 0 Å². The summed E-state index contributed by atoms with van der Waals surface area (Å²) in [5.41, 5.74) is 0.715. The predicted octanol–water partition coefficient (Wildman–Crippen LogP) is 6.12. The van der Waals surface area contributed by atoms with Crippen LogP contribution in [0, 0.1) is 34.0 Å². The molecule has 3 atom stereocenters. The van der Waals surface area contributed by atoms with Crippen LogP contribution in [0.1, 0.15) is 49.1 Å². The number of carbonyl (C=O) groups is 1. The van der Waals surface area contributed by atoms with E-state index in [1.807, 2.05) is 42.5 Å². The number of esters is 1. The zero-order valence-electron chi connectivity index (χ0n) is 20.0. The van der Waals surface area contributed by atoms with E-state index in [0.717, 1.165) is 16.5 Å². The van der Waals surface area contributed by atoms with E-state index < -0.39 is 11.3 Å². The van der Waals surface area contributed by atoms with Gasteiger partial charge in [0, 0.05) is 17.8 Å². The van der Waals surface area contributed by atoms with Crippen LogP contribution >= 0.6 is 0 Å². The zero-order chi connectivity index (χ0) is 24.7. The number of nitriles is 2. The minimum absolute atomic E-state index is 0.0402. The molecular weight excluding hydrogens is 436 g/mol. The van der Waals surface area contributed by atoms with Crippen LogP contribution in [0.15, 0.2) is 72.8 Å². The Bertz CT molecular complexity index is 1230. The van der Waals surface area contributed by atoms with Crippen LogP contribution in [-0.2, 0) is 14.3 Å². The van der Waals surface area contributed by atoms with E-state index in [2.05, 4.69) is 42.5 Å². The summed E-state index contributed by atoms with van der Waals surface area (Å²) in [5, 5.41) is 23.1. The SMILES string of the molecule is CCOC(=O)CC1COCC(c2ccc3ccccc3c2)CCC(C#N)(C#N)C1c1ccccc1. The third kappa shape index (κ3) is 5.37. The first-order chi connectivity index (χ1) is 17.1. The van der Waals surface area contributed by atoms with Crippen molar-refractivity contribution in [1.29, 1.82) is 10.5 Å². The number of fused-ring (bicyclic) bond motifs is 1. The lowest BCUT2D eigenvalue weighted by molar-refractivity contribution is -0.145. The molecule has 1 aliphatic heterocycles. The molecule has 1 saturated heterocycles. The zero-order valence-corrected chi connectivity index (χ0v) is 20.0. The monoisotopic (exact) mass is 466 g/mol. The summed E-state index contributed by atoms with van der Waals surface area (Å²) in [6.45, 7) is 2.79. The van der Waals surface area contributed by atoms with Crippen molar-refractivity contribution in [3.05, 3.63) is 83.9 Å². The second-order valence-corrected chi connectivity index (χ2v) is 9.23. The molecule has 1 aliphatic rings. The number of hydrogen-bond donors (Lipinski definition) is 0. The largest absolute Gasteiger partial charge is 0.466 e. The molecule has 0 radical (unpaired) electrons. The summed E-state index contributed by atoms with van der Waals surface area (Å²) in [4.78, 5) is 12.5. The first kappa shape index (κ1) is 24.5. The van der Waals surface area contributed by atoms with E-state index in [1.165, 1.54) is 5.39 Å². The molecule has 0 aromatic heterocycles. The van der Waals surface area contributed by atoms with Gasteiger partial charge in [0.25, 0.3) is 0 Å². The molecule has 3 unspecified atom stereocenters. The van der Waals surface area contributed by atoms with E-state index in [-0.39, 0.29) is 37.4 Å². The van der Waals surface area contributed by atoms with Gasteiger partial charge in [-0.25, -0.2) is 0 Å². The second-order valence-electron chi connectivity index (χ2n) is 9.23. The van der Waals surface area contributed by atoms with Gasteiger partial charge in [0.05, 0.1) is 38.4 Å². The number of carbonyl (C=O) groups excluding carboxylic acids is 1. The van der Waals surface area contributed by atoms with E-state index in [0.29, 0.717) is 19.4 Å². The molecule has 0 N–H and O–H groups in total. The highest BCUT2D eigenvalue weighted by Gasteiger charge is 2.46. The number of nitrogens with zero attached hydrogens (tertiary/aromatic N) is 2. The molecule has 0 amide bonds. The molecule has 3 aromatic carbocycles. The highest BCUT2D eigenvalue weighted by Crippen LogP contribution is 2.48. The number of ether oxygens (including phenoxy) is 2. The van der Waals surface area contributed by atoms with Crippen LogP contribution in [-0.4, -0.2) is 25.8 Å². The van der Waals surface area contributed by atoms with Crippen LogP contribution < -0.4 is 0 Å². The van der Waals surface area contributed by atoms with Crippen molar-refractivity contribution >= 4 is 16.7 Å². The van der Waals surface area contributed by atoms with Gasteiger partial charge in [-0.2, -0.15) is 10.5 Å². The van der Waals surface area contributed by atoms with Crippen LogP contribution in [0.2, 0.25) is 0 Å². The second kappa shape index (κ2) is 11.2. The predicted molar refractivity (Wildman–Crippen MR) is 134 cm³/mol. The van der Waals surface area contributed by atoms with E-state index >= 15 is 0 Å². The number of benzene rings is 3. The fraction of sp³-hybridized carbons (Fsp3) is 0.367. The Morgan fingerprint density at radius 3 is 2.40 bits per heavy atom. The van der Waals surface area contributed by atoms with Crippen molar-refractivity contribution in [2.75, 3.05) is 19.8 Å². The van der Waals surface area contributed by atoms with Crippen molar-refractivity contribution < 1.29 is 14.3 Å². The molecule has 5 nitrogen and oxygen atoms in total. The molecule has 178 valence electrons. The van der Waals surface area contributed by atoms with Gasteiger partial charge in [-0.05, 0) is 41.7 Å². The van der Waals surface area contributed by atoms with E-state index in [1.54, 1.807) is 6.92 Å². The summed E-state index contributed by atoms with van der Waals surface area (Å²) >= 11 is 0. The Kier molecular flexibility index (Phi) is 7.80. The standard InChI is InChI=1S/C30H30N2O3/c1-2-35-28(33)17-27-19-34-18-26(25-13-12-22-8-6-7-11-24(22)16-25)14-15-30(20-31,21-32)29(27)23-9-4-3-5-10-23/h3-13,16,26-27,29H,2,14-15,17-19H2,1H3. The highest BCUT2D eigenvalue weighted by molar-refractivity contribution is 5.83. The Balaban J connectivity index is 1.72. The molecule has 4 rings (SSSR count). The van der Waals surface area contributed by atoms with E-state index in [9.17, 15) is 15.3 Å². The van der Waals surface area contributed by atoms with Gasteiger partial charge in [0.2, 0.25) is 0 Å². The number of rotatable bonds is 5. The van der Waals surface area contributed by atoms with Crippen molar-refractivity contribution in [3.8, 4) is 12.1 Å². The van der Waals surface area contributed by atoms with Crippen molar-refractivity contribution in [2.24, 2.45) is 11.3 Å². The summed E-state index contributed by atoms with van der Waals surface area (Å²) in [6.07, 6.45) is 1.12. The molecule has 3 aromatic rings. The van der Waals surface area contributed by atoms with Gasteiger partial charge in [0.15, 0.2) is 5.41 Å². The summed E-state index contributed by atoms with van der Waals surface area (Å²) < 4.78 is 11.5. The summed E-state index contributed by atoms with van der Waals surface area (Å²) in [5.74, 6) is -1.12. The van der Waals surface area contributed by atoms with Crippen LogP contribution in [0.25, 0.3) is 10.8 Å². The average molecular weight is 467 g/mol. The number of hydrogen-bond acceptors (Lipinski definition) is 5. The molecule has 1 fully saturated rings. The highest BCUT2D eigenvalue weighted by atomic mass is 16.5. The average Bonchev–Trinajstić information content (AvgIpc) is 2.97. The third-order valence-electron chi connectivity index (χ3n) is 7.08. The van der Waals surface area contributed by atoms with Crippen LogP contribution in [0.4, 0.5) is 0 Å². The lowest BCUT2D eigenvalue weighted by Gasteiger charge is -2.35. The van der Waals surface area contributed by atoms with Gasteiger partial charge >= 0.3 is 5.97 Å². The van der Waals surface area contributed by atoms with Gasteiger partial charge in [-0.3, -0.25) is 4.79 Å². The minimum atomic E-state index is -1.29. The molecular formula is C30H30N2O3. The normalized spacial score (nSPS) is 22.1. The van der Waals surface area contributed by atoms with Crippen molar-refractivity contribution in [2.45, 2.75) is 38.0 Å². The van der Waals surface area contributed by atoms with Gasteiger partial charge in [-0.15, -0.1) is 0 Å². The van der Waals surface area contributed by atoms with Crippen LogP contribution in [0.3, 0.4) is 0 Å². The van der Waals surface area contributed by atoms with Gasteiger partial charge in [-0.1, -0.05) is 72.8 Å². The first-order valence-electron chi connectivity index (χ1n) is 12.2. The molecule has 0 aliphatic carbocycles. The fourth-order valence-corrected chi connectivity index (χ4v) is 5.33. The Morgan fingerprint density at radius 1 is 0.971 bits per heavy atom. The van der Waals surface area contributed by atoms with Crippen LogP contribution in [0.5, 0.6) is 0 Å². The maximum Gasteiger partial charge on any atom is 0.306 e. The topological polar surface area (TPSA) is 83.1 Å². The molecule has 5 heteroatoms. The smallest absolute Gasteiger partial charge is 0.306 e. The maximum atomic E-state index is 12.5. The lowest BCUT2D eigenvalue weighted by atomic mass is 9.64. The Morgan fingerprint density at radius 2 is 1.69 bits per heavy atom. The van der Waals surface area contributed by atoms with Crippen molar-refractivity contribution in [1.82, 2.24) is 0 Å². The molecule has 0 bridgehead atoms. The molecule has 0 saturated carbocycles. The maximum absolute atomic E-state index is 12.5. The summed E-state index contributed by atoms with van der Waals surface area (Å²) in [7, 11) is 0. The lowest BCUT2D eigenvalue weighted by Crippen LogP contribution is -2.35. The Labute approximate surface area is 206 Å². The fourth-order valence-electron chi connectivity index (χ4n) is 5.33. The minimum Gasteiger partial charge on any atom is -0.466 e. The van der Waals surface area contributed by atoms with Gasteiger partial charge < -0.3 is 9.47 Å². The third-order valence-corrected chi connectivity index (χ3v) is 7.08. The first-order valence-corrected chi connectivity index (χ1v) is 12.2. The summed E-state index contributed by atoms with van der Waals surface area (Å²) in [6, 6.07) is 28.9. The quantitative estimate of drug-likeness (QED) is 0.423. The molecule has 1 heterocycles. The van der Waals surface area contributed by atoms with E-state index in [4.69, 9.17) is 9.47 Å². The van der Waals surface area contributed by atoms with Gasteiger partial charge in [0.1, 0.15) is 0 Å². The molecule has 0 spiro atoms.